The molecule has 14 heteroatoms. The van der Waals surface area contributed by atoms with Crippen molar-refractivity contribution >= 4 is 35.3 Å². The second-order valence-corrected chi connectivity index (χ2v) is 15.2. The van der Waals surface area contributed by atoms with Crippen LogP contribution in [-0.2, 0) is 58.4 Å². The van der Waals surface area contributed by atoms with E-state index in [1.54, 1.807) is 12.2 Å². The molecular weight excluding hydrogens is 793 g/mol. The molecule has 4 aromatic carbocycles. The highest BCUT2D eigenvalue weighted by molar-refractivity contribution is 6.50. The lowest BCUT2D eigenvalue weighted by molar-refractivity contribution is -0.140. The molecule has 2 unspecified atom stereocenters. The second-order valence-electron chi connectivity index (χ2n) is 15.2. The molecule has 14 nitrogen and oxygen atoms in total. The zero-order valence-electron chi connectivity index (χ0n) is 34.4. The number of carbonyl (C=O) groups excluding carboxylic acids is 4. The predicted molar refractivity (Wildman–Crippen MR) is 224 cm³/mol. The highest BCUT2D eigenvalue weighted by atomic mass is 16.5. The topological polar surface area (TPSA) is 155 Å². The molecule has 0 radical (unpaired) electrons. The monoisotopic (exact) mass is 830 g/mol. The summed E-state index contributed by atoms with van der Waals surface area (Å²) in [6.07, 6.45) is 3.36. The largest absolute Gasteiger partial charge is 0.499 e. The zero-order valence-corrected chi connectivity index (χ0v) is 34.4. The number of ether oxygens (including phenoxy) is 6. The number of methoxy groups -OCH3 is 6. The Kier molecular flexibility index (Phi) is 8.63. The van der Waals surface area contributed by atoms with E-state index in [1.807, 2.05) is 97.1 Å². The van der Waals surface area contributed by atoms with Crippen molar-refractivity contribution in [1.82, 2.24) is 10.0 Å². The quantitative estimate of drug-likeness (QED) is 0.176. The van der Waals surface area contributed by atoms with Gasteiger partial charge in [-0.3, -0.25) is 0 Å². The molecule has 0 aromatic heterocycles. The van der Waals surface area contributed by atoms with Crippen molar-refractivity contribution in [2.75, 3.05) is 42.7 Å². The van der Waals surface area contributed by atoms with Crippen LogP contribution in [0.4, 0.5) is 0 Å². The molecule has 2 aliphatic carbocycles. The molecule has 0 amide bonds. The van der Waals surface area contributed by atoms with Gasteiger partial charge >= 0.3 is 23.9 Å². The first-order valence-electron chi connectivity index (χ1n) is 19.7. The summed E-state index contributed by atoms with van der Waals surface area (Å²) in [5.74, 6) is -2.58. The Balaban J connectivity index is 1.23. The van der Waals surface area contributed by atoms with Crippen LogP contribution in [0.15, 0.2) is 153 Å². The van der Waals surface area contributed by atoms with Crippen LogP contribution in [0.25, 0.3) is 22.3 Å². The Morgan fingerprint density at radius 3 is 1.02 bits per heavy atom. The van der Waals surface area contributed by atoms with Crippen LogP contribution >= 0.6 is 0 Å². The van der Waals surface area contributed by atoms with E-state index in [9.17, 15) is 19.2 Å². The molecule has 0 fully saturated rings. The van der Waals surface area contributed by atoms with E-state index in [1.165, 1.54) is 52.7 Å². The SMILES string of the molecule is COC(=O)C1=C(C(=O)OC)C2(c3ccccc3-c3ccccc32)C2C(OC)=CC(C3=NN4C(C(=O)OC)=C(C(=O)OC)C5(c6ccccc6-c6ccccc65)C4C(OC)=C3)=NN12. The molecule has 2 atom stereocenters. The van der Waals surface area contributed by atoms with E-state index < -0.39 is 46.8 Å². The summed E-state index contributed by atoms with van der Waals surface area (Å²) < 4.78 is 34.2. The van der Waals surface area contributed by atoms with Gasteiger partial charge in [0.25, 0.3) is 0 Å². The molecule has 0 N–H and O–H groups in total. The number of carbonyl (C=O) groups is 4. The molecule has 4 heterocycles. The number of hydrogen-bond acceptors (Lipinski definition) is 14. The van der Waals surface area contributed by atoms with Crippen LogP contribution < -0.4 is 0 Å². The number of benzene rings is 4. The summed E-state index contributed by atoms with van der Waals surface area (Å²) in [7, 11) is 7.96. The van der Waals surface area contributed by atoms with Crippen molar-refractivity contribution in [3.63, 3.8) is 0 Å². The first-order valence-corrected chi connectivity index (χ1v) is 19.7. The maximum Gasteiger partial charge on any atom is 0.356 e. The first-order chi connectivity index (χ1) is 30.2. The Labute approximate surface area is 355 Å². The van der Waals surface area contributed by atoms with Crippen molar-refractivity contribution < 1.29 is 47.6 Å². The third-order valence-corrected chi connectivity index (χ3v) is 12.8. The standard InChI is InChI=1S/C48H38N4O10/c1-57-35-23-33(49-51-39(45(55)61-5)37(43(53)59-3)47(41(35)51)29-19-11-7-15-25(29)26-16-8-12-20-30(26)47)34-24-36(58-2)42-48(38(44(54)60-4)40(46(56)62-6)52(42)50-34)31-21-13-9-17-27(31)28-18-10-14-22-32(28)48/h7-24,41-42H,1-6H3. The van der Waals surface area contributed by atoms with Crippen molar-refractivity contribution in [1.29, 1.82) is 0 Å². The van der Waals surface area contributed by atoms with Gasteiger partial charge in [0.1, 0.15) is 35.0 Å². The van der Waals surface area contributed by atoms with Crippen LogP contribution in [0, 0.1) is 0 Å². The number of fused-ring (bicyclic) bond motifs is 14. The Hall–Kier alpha value is -7.74. The Bertz CT molecular complexity index is 2620. The molecule has 0 bridgehead atoms. The number of hydrazone groups is 2. The maximum atomic E-state index is 14.3. The summed E-state index contributed by atoms with van der Waals surface area (Å²) in [5, 5.41) is 13.1. The number of allylic oxidation sites excluding steroid dienone is 2. The van der Waals surface area contributed by atoms with Crippen LogP contribution in [0.3, 0.4) is 0 Å². The van der Waals surface area contributed by atoms with Crippen LogP contribution in [-0.4, -0.2) is 100 Å². The molecule has 10 rings (SSSR count). The third kappa shape index (κ3) is 4.63. The minimum Gasteiger partial charge on any atom is -0.499 e. The van der Waals surface area contributed by atoms with Gasteiger partial charge in [-0.25, -0.2) is 29.2 Å². The molecular formula is C48H38N4O10. The predicted octanol–water partition coefficient (Wildman–Crippen LogP) is 5.29. The summed E-state index contributed by atoms with van der Waals surface area (Å²) in [6.45, 7) is 0. The number of nitrogens with zero attached hydrogens (tertiary/aromatic N) is 4. The lowest BCUT2D eigenvalue weighted by Crippen LogP contribution is -2.50. The zero-order chi connectivity index (χ0) is 43.2. The van der Waals surface area contributed by atoms with E-state index in [0.29, 0.717) is 11.5 Å². The van der Waals surface area contributed by atoms with Gasteiger partial charge in [0.2, 0.25) is 0 Å². The van der Waals surface area contributed by atoms with Gasteiger partial charge in [0.15, 0.2) is 11.4 Å². The molecule has 62 heavy (non-hydrogen) atoms. The molecule has 4 aromatic rings. The van der Waals surface area contributed by atoms with Crippen molar-refractivity contribution in [3.05, 3.63) is 166 Å². The van der Waals surface area contributed by atoms with E-state index in [0.717, 1.165) is 44.5 Å². The summed E-state index contributed by atoms with van der Waals surface area (Å²) in [4.78, 5) is 57.0. The van der Waals surface area contributed by atoms with Crippen LogP contribution in [0.1, 0.15) is 22.3 Å². The fourth-order valence-corrected chi connectivity index (χ4v) is 10.7. The van der Waals surface area contributed by atoms with Crippen molar-refractivity contribution in [2.45, 2.75) is 22.9 Å². The fourth-order valence-electron chi connectivity index (χ4n) is 10.7. The molecule has 4 aliphatic heterocycles. The summed E-state index contributed by atoms with van der Waals surface area (Å²) >= 11 is 0. The van der Waals surface area contributed by atoms with Gasteiger partial charge in [-0.15, -0.1) is 0 Å². The van der Waals surface area contributed by atoms with Gasteiger partial charge < -0.3 is 28.4 Å². The fraction of sp³-hybridized carbons (Fsp3) is 0.208. The minimum atomic E-state index is -1.37. The highest BCUT2D eigenvalue weighted by Crippen LogP contribution is 2.64. The van der Waals surface area contributed by atoms with Crippen LogP contribution in [0.5, 0.6) is 0 Å². The minimum absolute atomic E-state index is 0.0136. The summed E-state index contributed by atoms with van der Waals surface area (Å²) in [5.41, 5.74) is 3.66. The average molecular weight is 831 g/mol. The van der Waals surface area contributed by atoms with E-state index in [2.05, 4.69) is 0 Å². The Morgan fingerprint density at radius 2 is 0.742 bits per heavy atom. The number of rotatable bonds is 7. The van der Waals surface area contributed by atoms with Crippen molar-refractivity contribution in [2.24, 2.45) is 10.2 Å². The van der Waals surface area contributed by atoms with Gasteiger partial charge in [-0.2, -0.15) is 10.2 Å². The summed E-state index contributed by atoms with van der Waals surface area (Å²) in [6, 6.07) is 28.8. The smallest absolute Gasteiger partial charge is 0.356 e. The maximum absolute atomic E-state index is 14.3. The second kappa shape index (κ2) is 13.9. The number of hydrogen-bond donors (Lipinski definition) is 0. The molecule has 0 saturated heterocycles. The molecule has 2 spiro atoms. The van der Waals surface area contributed by atoms with Crippen LogP contribution in [0.2, 0.25) is 0 Å². The first kappa shape index (κ1) is 38.5. The van der Waals surface area contributed by atoms with Gasteiger partial charge in [0, 0.05) is 12.2 Å². The van der Waals surface area contributed by atoms with Gasteiger partial charge in [-0.1, -0.05) is 97.1 Å². The normalized spacial score (nSPS) is 20.2. The number of esters is 4. The average Bonchev–Trinajstić information content (AvgIpc) is 4.01. The van der Waals surface area contributed by atoms with Gasteiger partial charge in [0.05, 0.1) is 64.6 Å². The van der Waals surface area contributed by atoms with E-state index in [4.69, 9.17) is 38.6 Å². The highest BCUT2D eigenvalue weighted by Gasteiger charge is 2.67. The Morgan fingerprint density at radius 1 is 0.452 bits per heavy atom. The molecule has 6 aliphatic rings. The lowest BCUT2D eigenvalue weighted by Gasteiger charge is -2.41. The molecule has 310 valence electrons. The lowest BCUT2D eigenvalue weighted by atomic mass is 9.67. The van der Waals surface area contributed by atoms with E-state index >= 15 is 0 Å². The van der Waals surface area contributed by atoms with Gasteiger partial charge in [-0.05, 0) is 44.5 Å². The van der Waals surface area contributed by atoms with Crippen molar-refractivity contribution in [3.8, 4) is 22.3 Å². The third-order valence-electron chi connectivity index (χ3n) is 12.8. The van der Waals surface area contributed by atoms with E-state index in [-0.39, 0.29) is 34.0 Å². The molecule has 0 saturated carbocycles.